The molecule has 29 heavy (non-hydrogen) atoms. The molecule has 0 bridgehead atoms. The summed E-state index contributed by atoms with van der Waals surface area (Å²) in [6, 6.07) is 14.0. The zero-order chi connectivity index (χ0) is 21.2. The van der Waals surface area contributed by atoms with E-state index >= 15 is 0 Å². The van der Waals surface area contributed by atoms with Gasteiger partial charge in [0.1, 0.15) is 6.17 Å². The number of nitrogens with zero attached hydrogens (tertiary/aromatic N) is 1. The first-order valence-corrected chi connectivity index (χ1v) is 11.1. The number of halogens is 1. The molecule has 2 aromatic rings. The molecule has 154 valence electrons. The van der Waals surface area contributed by atoms with Crippen molar-refractivity contribution in [1.82, 2.24) is 15.2 Å². The molecule has 2 aromatic carbocycles. The van der Waals surface area contributed by atoms with Crippen molar-refractivity contribution in [2.75, 3.05) is 6.54 Å². The van der Waals surface area contributed by atoms with E-state index < -0.39 is 16.2 Å². The highest BCUT2D eigenvalue weighted by molar-refractivity contribution is 7.89. The van der Waals surface area contributed by atoms with Crippen molar-refractivity contribution in [2.45, 2.75) is 38.3 Å². The molecule has 1 amide bonds. The topological polar surface area (TPSA) is 78.5 Å². The van der Waals surface area contributed by atoms with Gasteiger partial charge in [-0.05, 0) is 62.6 Å². The van der Waals surface area contributed by atoms with Crippen molar-refractivity contribution in [3.63, 3.8) is 0 Å². The molecular weight excluding hydrogens is 410 g/mol. The molecule has 0 saturated heterocycles. The number of sulfonamides is 1. The van der Waals surface area contributed by atoms with Gasteiger partial charge < -0.3 is 4.90 Å². The third-order valence-electron chi connectivity index (χ3n) is 5.11. The molecule has 1 heterocycles. The molecule has 8 heteroatoms. The number of hydrogen-bond donors (Lipinski definition) is 2. The number of hydrazine groups is 1. The lowest BCUT2D eigenvalue weighted by atomic mass is 10.1. The lowest BCUT2D eigenvalue weighted by molar-refractivity contribution is -0.127. The smallest absolute Gasteiger partial charge is 0.253 e. The van der Waals surface area contributed by atoms with Gasteiger partial charge in [0.15, 0.2) is 0 Å². The van der Waals surface area contributed by atoms with Crippen LogP contribution >= 0.6 is 11.6 Å². The maximum atomic E-state index is 12.7. The number of amides is 1. The molecule has 0 aliphatic carbocycles. The van der Waals surface area contributed by atoms with Gasteiger partial charge in [-0.1, -0.05) is 41.4 Å². The van der Waals surface area contributed by atoms with Gasteiger partial charge in [-0.3, -0.25) is 4.79 Å². The van der Waals surface area contributed by atoms with Crippen LogP contribution in [0.3, 0.4) is 0 Å². The third-order valence-corrected chi connectivity index (χ3v) is 6.64. The quantitative estimate of drug-likeness (QED) is 0.657. The first kappa shape index (κ1) is 21.5. The van der Waals surface area contributed by atoms with E-state index in [1.165, 1.54) is 0 Å². The molecule has 1 aliphatic rings. The van der Waals surface area contributed by atoms with Gasteiger partial charge >= 0.3 is 0 Å². The average Bonchev–Trinajstić information content (AvgIpc) is 2.90. The number of nitrogens with one attached hydrogen (secondary N) is 2. The molecule has 0 radical (unpaired) electrons. The van der Waals surface area contributed by atoms with E-state index in [0.29, 0.717) is 23.6 Å². The Morgan fingerprint density at radius 3 is 2.24 bits per heavy atom. The Kier molecular flexibility index (Phi) is 6.43. The fourth-order valence-corrected chi connectivity index (χ4v) is 4.17. The van der Waals surface area contributed by atoms with Gasteiger partial charge in [0.2, 0.25) is 0 Å². The van der Waals surface area contributed by atoms with Crippen molar-refractivity contribution >= 4 is 27.5 Å². The van der Waals surface area contributed by atoms with Crippen LogP contribution in [-0.4, -0.2) is 31.9 Å². The molecule has 0 spiro atoms. The highest BCUT2D eigenvalue weighted by Gasteiger charge is 2.35. The summed E-state index contributed by atoms with van der Waals surface area (Å²) in [5, 5.41) is 0.657. The fraction of sp³-hybridized carbons (Fsp3) is 0.286. The van der Waals surface area contributed by atoms with E-state index in [2.05, 4.69) is 10.3 Å². The Hall–Kier alpha value is -2.19. The number of aryl methyl sites for hydroxylation is 1. The van der Waals surface area contributed by atoms with Crippen LogP contribution in [0.2, 0.25) is 5.02 Å². The summed E-state index contributed by atoms with van der Waals surface area (Å²) in [6.07, 6.45) is 0.0850. The van der Waals surface area contributed by atoms with Crippen molar-refractivity contribution in [3.8, 4) is 0 Å². The summed E-state index contributed by atoms with van der Waals surface area (Å²) in [6.45, 7) is 5.91. The van der Waals surface area contributed by atoms with Crippen LogP contribution in [-0.2, 0) is 21.2 Å². The molecule has 0 fully saturated rings. The molecule has 2 N–H and O–H groups in total. The molecule has 3 rings (SSSR count). The van der Waals surface area contributed by atoms with Gasteiger partial charge in [0.25, 0.3) is 15.9 Å². The van der Waals surface area contributed by atoms with E-state index in [0.717, 1.165) is 16.7 Å². The summed E-state index contributed by atoms with van der Waals surface area (Å²) < 4.78 is 25.2. The van der Waals surface area contributed by atoms with Crippen LogP contribution < -0.4 is 10.3 Å². The number of carbonyl (C=O) groups excluding carboxylic acids is 1. The zero-order valence-corrected chi connectivity index (χ0v) is 18.1. The van der Waals surface area contributed by atoms with Gasteiger partial charge in [0, 0.05) is 17.1 Å². The minimum absolute atomic E-state index is 0.108. The second-order valence-electron chi connectivity index (χ2n) is 7.15. The van der Waals surface area contributed by atoms with Crippen molar-refractivity contribution in [1.29, 1.82) is 0 Å². The molecule has 0 aromatic heterocycles. The Morgan fingerprint density at radius 2 is 1.62 bits per heavy atom. The Balaban J connectivity index is 1.71. The lowest BCUT2D eigenvalue weighted by Crippen LogP contribution is -2.53. The monoisotopic (exact) mass is 433 g/mol. The van der Waals surface area contributed by atoms with E-state index in [-0.39, 0.29) is 10.8 Å². The van der Waals surface area contributed by atoms with Crippen molar-refractivity contribution < 1.29 is 13.2 Å². The van der Waals surface area contributed by atoms with Crippen LogP contribution in [0.25, 0.3) is 0 Å². The molecule has 6 nitrogen and oxygen atoms in total. The molecule has 1 aliphatic heterocycles. The average molecular weight is 434 g/mol. The van der Waals surface area contributed by atoms with Crippen LogP contribution in [0.15, 0.2) is 64.6 Å². The maximum Gasteiger partial charge on any atom is 0.253 e. The molecule has 1 atom stereocenters. The molecular formula is C21H24ClN3O3S. The van der Waals surface area contributed by atoms with E-state index in [9.17, 15) is 13.2 Å². The summed E-state index contributed by atoms with van der Waals surface area (Å²) in [7, 11) is -3.75. The fourth-order valence-electron chi connectivity index (χ4n) is 3.17. The van der Waals surface area contributed by atoms with E-state index in [1.807, 2.05) is 38.1 Å². The standard InChI is InChI=1S/C21H24ClN3O3S/c1-14-4-10-19(11-5-14)29(27,28)24-23-20-15(2)16(3)21(26)25(20)13-12-17-6-8-18(22)9-7-17/h4-11,20,23-24H,12-13H2,1-3H3. The van der Waals surface area contributed by atoms with Crippen molar-refractivity contribution in [3.05, 3.63) is 75.8 Å². The van der Waals surface area contributed by atoms with Crippen LogP contribution in [0, 0.1) is 6.92 Å². The van der Waals surface area contributed by atoms with Gasteiger partial charge in [-0.2, -0.15) is 0 Å². The molecule has 0 saturated carbocycles. The zero-order valence-electron chi connectivity index (χ0n) is 16.6. The van der Waals surface area contributed by atoms with Gasteiger partial charge in [0.05, 0.1) is 4.90 Å². The first-order valence-electron chi connectivity index (χ1n) is 9.26. The van der Waals surface area contributed by atoms with Crippen LogP contribution in [0.1, 0.15) is 25.0 Å². The van der Waals surface area contributed by atoms with Gasteiger partial charge in [-0.15, -0.1) is 4.83 Å². The van der Waals surface area contributed by atoms with Crippen molar-refractivity contribution in [2.24, 2.45) is 0 Å². The minimum Gasteiger partial charge on any atom is -0.318 e. The van der Waals surface area contributed by atoms with E-state index in [1.54, 1.807) is 36.1 Å². The van der Waals surface area contributed by atoms with E-state index in [4.69, 9.17) is 11.6 Å². The summed E-state index contributed by atoms with van der Waals surface area (Å²) >= 11 is 5.92. The van der Waals surface area contributed by atoms with Gasteiger partial charge in [-0.25, -0.2) is 13.8 Å². The summed E-state index contributed by atoms with van der Waals surface area (Å²) in [4.78, 5) is 16.9. The highest BCUT2D eigenvalue weighted by Crippen LogP contribution is 2.24. The second kappa shape index (κ2) is 8.67. The highest BCUT2D eigenvalue weighted by atomic mass is 35.5. The Bertz CT molecular complexity index is 1030. The second-order valence-corrected chi connectivity index (χ2v) is 9.27. The number of benzene rings is 2. The predicted molar refractivity (Wildman–Crippen MR) is 114 cm³/mol. The lowest BCUT2D eigenvalue weighted by Gasteiger charge is -2.27. The molecule has 1 unspecified atom stereocenters. The Labute approximate surface area is 176 Å². The number of carbonyl (C=O) groups is 1. The normalized spacial score (nSPS) is 17.3. The SMILES string of the molecule is CC1=C(C)C(NNS(=O)(=O)c2ccc(C)cc2)N(CCc2ccc(Cl)cc2)C1=O. The Morgan fingerprint density at radius 1 is 1.00 bits per heavy atom. The third kappa shape index (κ3) is 4.87. The minimum atomic E-state index is -3.75. The largest absolute Gasteiger partial charge is 0.318 e. The van der Waals surface area contributed by atoms with Crippen LogP contribution in [0.5, 0.6) is 0 Å². The number of rotatable bonds is 7. The first-order chi connectivity index (χ1) is 13.7. The van der Waals surface area contributed by atoms with Crippen LogP contribution in [0.4, 0.5) is 0 Å². The summed E-state index contributed by atoms with van der Waals surface area (Å²) in [5.41, 5.74) is 6.26. The summed E-state index contributed by atoms with van der Waals surface area (Å²) in [5.74, 6) is -0.108. The predicted octanol–water partition coefficient (Wildman–Crippen LogP) is 3.18. The maximum absolute atomic E-state index is 12.7. The number of hydrogen-bond acceptors (Lipinski definition) is 4.